The van der Waals surface area contributed by atoms with Gasteiger partial charge < -0.3 is 14.8 Å². The standard InChI is InChI=1S/C17H15F3N2O5/c1-3-27-14-7-4-10(8-15(14)26-2)16(23)21-11-5-6-13(22(24)25)12(9-11)17(18,19)20/h4-9H,3H2,1-2H3,(H,21,23). The van der Waals surface area contributed by atoms with Gasteiger partial charge in [-0.3, -0.25) is 14.9 Å². The van der Waals surface area contributed by atoms with Gasteiger partial charge in [0.25, 0.3) is 11.6 Å². The number of nitro groups is 1. The maximum Gasteiger partial charge on any atom is 0.423 e. The van der Waals surface area contributed by atoms with E-state index in [1.165, 1.54) is 25.3 Å². The summed E-state index contributed by atoms with van der Waals surface area (Å²) in [7, 11) is 1.38. The molecule has 7 nitrogen and oxygen atoms in total. The predicted octanol–water partition coefficient (Wildman–Crippen LogP) is 4.27. The topological polar surface area (TPSA) is 90.7 Å². The van der Waals surface area contributed by atoms with E-state index in [4.69, 9.17) is 9.47 Å². The van der Waals surface area contributed by atoms with Crippen molar-refractivity contribution >= 4 is 17.3 Å². The van der Waals surface area contributed by atoms with Crippen LogP contribution >= 0.6 is 0 Å². The molecule has 0 aliphatic heterocycles. The quantitative estimate of drug-likeness (QED) is 0.593. The summed E-state index contributed by atoms with van der Waals surface area (Å²) in [4.78, 5) is 21.9. The lowest BCUT2D eigenvalue weighted by molar-refractivity contribution is -0.388. The van der Waals surface area contributed by atoms with E-state index < -0.39 is 28.3 Å². The number of hydrogen-bond acceptors (Lipinski definition) is 5. The normalized spacial score (nSPS) is 11.0. The fourth-order valence-electron chi connectivity index (χ4n) is 2.29. The number of alkyl halides is 3. The van der Waals surface area contributed by atoms with Crippen LogP contribution in [0.2, 0.25) is 0 Å². The van der Waals surface area contributed by atoms with Gasteiger partial charge in [0.1, 0.15) is 5.56 Å². The number of hydrogen-bond donors (Lipinski definition) is 1. The Morgan fingerprint density at radius 1 is 1.19 bits per heavy atom. The van der Waals surface area contributed by atoms with E-state index in [1.54, 1.807) is 6.92 Å². The molecule has 0 aliphatic rings. The van der Waals surface area contributed by atoms with E-state index >= 15 is 0 Å². The zero-order valence-electron chi connectivity index (χ0n) is 14.3. The van der Waals surface area contributed by atoms with Crippen molar-refractivity contribution in [1.82, 2.24) is 0 Å². The Morgan fingerprint density at radius 3 is 2.44 bits per heavy atom. The van der Waals surface area contributed by atoms with Crippen molar-refractivity contribution in [3.05, 3.63) is 57.6 Å². The number of methoxy groups -OCH3 is 1. The number of rotatable bonds is 6. The molecular weight excluding hydrogens is 369 g/mol. The van der Waals surface area contributed by atoms with Gasteiger partial charge in [0.15, 0.2) is 11.5 Å². The van der Waals surface area contributed by atoms with E-state index in [-0.39, 0.29) is 17.0 Å². The number of halogens is 3. The second-order valence-corrected chi connectivity index (χ2v) is 5.24. The van der Waals surface area contributed by atoms with Crippen molar-refractivity contribution in [3.8, 4) is 11.5 Å². The minimum Gasteiger partial charge on any atom is -0.493 e. The van der Waals surface area contributed by atoms with Crippen molar-refractivity contribution in [2.24, 2.45) is 0 Å². The first-order chi connectivity index (χ1) is 12.7. The first kappa shape index (κ1) is 20.0. The molecule has 0 aliphatic carbocycles. The number of carbonyl (C=O) groups is 1. The number of nitro benzene ring substituents is 1. The van der Waals surface area contributed by atoms with E-state index in [0.717, 1.165) is 6.07 Å². The number of nitrogens with one attached hydrogen (secondary N) is 1. The Bertz CT molecular complexity index is 868. The highest BCUT2D eigenvalue weighted by atomic mass is 19.4. The average molecular weight is 384 g/mol. The fraction of sp³-hybridized carbons (Fsp3) is 0.235. The second-order valence-electron chi connectivity index (χ2n) is 5.24. The van der Waals surface area contributed by atoms with E-state index in [2.05, 4.69) is 5.32 Å². The lowest BCUT2D eigenvalue weighted by Crippen LogP contribution is -2.14. The Balaban J connectivity index is 2.32. The predicted molar refractivity (Wildman–Crippen MR) is 90.2 cm³/mol. The molecule has 0 heterocycles. The molecule has 0 radical (unpaired) electrons. The molecule has 1 amide bonds. The van der Waals surface area contributed by atoms with Gasteiger partial charge in [-0.2, -0.15) is 13.2 Å². The molecule has 2 aromatic carbocycles. The maximum atomic E-state index is 13.0. The summed E-state index contributed by atoms with van der Waals surface area (Å²) in [5.41, 5.74) is -2.66. The summed E-state index contributed by atoms with van der Waals surface area (Å²) >= 11 is 0. The second kappa shape index (κ2) is 7.94. The molecule has 27 heavy (non-hydrogen) atoms. The molecule has 0 bridgehead atoms. The van der Waals surface area contributed by atoms with Gasteiger partial charge in [0.2, 0.25) is 0 Å². The number of nitrogens with zero attached hydrogens (tertiary/aromatic N) is 1. The molecule has 0 unspecified atom stereocenters. The van der Waals surface area contributed by atoms with Crippen LogP contribution in [0.4, 0.5) is 24.5 Å². The van der Waals surface area contributed by atoms with Gasteiger partial charge >= 0.3 is 6.18 Å². The zero-order chi connectivity index (χ0) is 20.2. The summed E-state index contributed by atoms with van der Waals surface area (Å²) < 4.78 is 49.5. The number of amides is 1. The minimum absolute atomic E-state index is 0.113. The van der Waals surface area contributed by atoms with E-state index in [9.17, 15) is 28.1 Å². The van der Waals surface area contributed by atoms with Gasteiger partial charge in [-0.05, 0) is 37.3 Å². The maximum absolute atomic E-state index is 13.0. The number of anilines is 1. The lowest BCUT2D eigenvalue weighted by Gasteiger charge is -2.12. The monoisotopic (exact) mass is 384 g/mol. The Labute approximate surface area is 151 Å². The minimum atomic E-state index is -4.94. The molecule has 1 N–H and O–H groups in total. The molecule has 2 aromatic rings. The highest BCUT2D eigenvalue weighted by molar-refractivity contribution is 6.04. The highest BCUT2D eigenvalue weighted by Gasteiger charge is 2.38. The van der Waals surface area contributed by atoms with E-state index in [0.29, 0.717) is 24.5 Å². The first-order valence-corrected chi connectivity index (χ1v) is 7.65. The summed E-state index contributed by atoms with van der Waals surface area (Å²) in [6.45, 7) is 2.15. The van der Waals surface area contributed by atoms with Crippen LogP contribution in [-0.2, 0) is 6.18 Å². The lowest BCUT2D eigenvalue weighted by atomic mass is 10.1. The molecule has 0 fully saturated rings. The van der Waals surface area contributed by atoms with Crippen LogP contribution in [0.5, 0.6) is 11.5 Å². The van der Waals surface area contributed by atoms with Gasteiger partial charge in [0.05, 0.1) is 18.6 Å². The van der Waals surface area contributed by atoms with Crippen molar-refractivity contribution in [2.75, 3.05) is 19.0 Å². The van der Waals surface area contributed by atoms with Crippen LogP contribution in [0.25, 0.3) is 0 Å². The van der Waals surface area contributed by atoms with Gasteiger partial charge in [-0.1, -0.05) is 0 Å². The average Bonchev–Trinajstić information content (AvgIpc) is 2.61. The van der Waals surface area contributed by atoms with Crippen molar-refractivity contribution in [1.29, 1.82) is 0 Å². The molecule has 144 valence electrons. The number of benzene rings is 2. The molecule has 0 saturated carbocycles. The number of ether oxygens (including phenoxy) is 2. The molecule has 0 saturated heterocycles. The highest BCUT2D eigenvalue weighted by Crippen LogP contribution is 2.37. The van der Waals surface area contributed by atoms with Crippen LogP contribution in [0.3, 0.4) is 0 Å². The Hall–Kier alpha value is -3.30. The van der Waals surface area contributed by atoms with Crippen LogP contribution < -0.4 is 14.8 Å². The smallest absolute Gasteiger partial charge is 0.423 e. The van der Waals surface area contributed by atoms with Crippen LogP contribution in [0.1, 0.15) is 22.8 Å². The molecule has 2 rings (SSSR count). The summed E-state index contributed by atoms with van der Waals surface area (Å²) in [6, 6.07) is 6.51. The molecule has 10 heteroatoms. The SMILES string of the molecule is CCOc1ccc(C(=O)Nc2ccc([N+](=O)[O-])c(C(F)(F)F)c2)cc1OC. The fourth-order valence-corrected chi connectivity index (χ4v) is 2.29. The Morgan fingerprint density at radius 2 is 1.89 bits per heavy atom. The van der Waals surface area contributed by atoms with Gasteiger partial charge in [0, 0.05) is 17.3 Å². The first-order valence-electron chi connectivity index (χ1n) is 7.65. The van der Waals surface area contributed by atoms with Crippen molar-refractivity contribution < 1.29 is 32.4 Å². The largest absolute Gasteiger partial charge is 0.493 e. The van der Waals surface area contributed by atoms with Crippen LogP contribution in [-0.4, -0.2) is 24.5 Å². The third-order valence-corrected chi connectivity index (χ3v) is 3.48. The Kier molecular flexibility index (Phi) is 5.88. The summed E-state index contributed by atoms with van der Waals surface area (Å²) in [5, 5.41) is 13.1. The molecule has 0 spiro atoms. The molecule has 0 atom stereocenters. The van der Waals surface area contributed by atoms with Crippen molar-refractivity contribution in [3.63, 3.8) is 0 Å². The third-order valence-electron chi connectivity index (χ3n) is 3.48. The zero-order valence-corrected chi connectivity index (χ0v) is 14.3. The van der Waals surface area contributed by atoms with Gasteiger partial charge in [-0.15, -0.1) is 0 Å². The van der Waals surface area contributed by atoms with E-state index in [1.807, 2.05) is 0 Å². The van der Waals surface area contributed by atoms with Gasteiger partial charge in [-0.25, -0.2) is 0 Å². The third kappa shape index (κ3) is 4.66. The van der Waals surface area contributed by atoms with Crippen LogP contribution in [0, 0.1) is 10.1 Å². The summed E-state index contributed by atoms with van der Waals surface area (Å²) in [6.07, 6.45) is -4.94. The summed E-state index contributed by atoms with van der Waals surface area (Å²) in [5.74, 6) is -0.0197. The van der Waals surface area contributed by atoms with Crippen molar-refractivity contribution in [2.45, 2.75) is 13.1 Å². The molecule has 0 aromatic heterocycles. The van der Waals surface area contributed by atoms with Crippen LogP contribution in [0.15, 0.2) is 36.4 Å². The molecular formula is C17H15F3N2O5. The number of carbonyl (C=O) groups excluding carboxylic acids is 1.